The number of aromatic hydroxyl groups is 1. The summed E-state index contributed by atoms with van der Waals surface area (Å²) in [6.07, 6.45) is 9.97. The van der Waals surface area contributed by atoms with Crippen LogP contribution in [0.4, 0.5) is 0 Å². The molecule has 4 bridgehead atoms. The van der Waals surface area contributed by atoms with Gasteiger partial charge in [-0.3, -0.25) is 24.3 Å². The first-order valence-corrected chi connectivity index (χ1v) is 13.5. The summed E-state index contributed by atoms with van der Waals surface area (Å²) < 4.78 is 1.58. The van der Waals surface area contributed by atoms with Crippen molar-refractivity contribution in [2.45, 2.75) is 62.4 Å². The summed E-state index contributed by atoms with van der Waals surface area (Å²) >= 11 is 0. The van der Waals surface area contributed by atoms with Crippen LogP contribution in [0.15, 0.2) is 29.2 Å². The van der Waals surface area contributed by atoms with Crippen LogP contribution in [0.25, 0.3) is 0 Å². The molecule has 2 aromatic rings. The fourth-order valence-corrected chi connectivity index (χ4v) is 9.99. The van der Waals surface area contributed by atoms with Gasteiger partial charge in [-0.25, -0.2) is 0 Å². The highest BCUT2D eigenvalue weighted by Gasteiger charge is 2.76. The number of H-pyrrole nitrogens is 1. The van der Waals surface area contributed by atoms with Crippen LogP contribution in [-0.4, -0.2) is 62.3 Å². The average Bonchev–Trinajstić information content (AvgIpc) is 3.41. The Morgan fingerprint density at radius 1 is 1.23 bits per heavy atom. The van der Waals surface area contributed by atoms with Crippen LogP contribution >= 0.6 is 0 Å². The van der Waals surface area contributed by atoms with Crippen molar-refractivity contribution in [2.75, 3.05) is 19.6 Å². The highest BCUT2D eigenvalue weighted by molar-refractivity contribution is 5.94. The lowest BCUT2D eigenvalue weighted by atomic mass is 9.43. The number of aromatic nitrogens is 2. The smallest absolute Gasteiger partial charge is 0.276 e. The van der Waals surface area contributed by atoms with E-state index in [1.807, 2.05) is 6.07 Å². The van der Waals surface area contributed by atoms with Gasteiger partial charge in [-0.05, 0) is 97.9 Å². The second-order valence-corrected chi connectivity index (χ2v) is 12.5. The molecule has 2 saturated heterocycles. The molecule has 35 heavy (non-hydrogen) atoms. The van der Waals surface area contributed by atoms with Gasteiger partial charge in [0, 0.05) is 43.8 Å². The zero-order valence-corrected chi connectivity index (χ0v) is 20.4. The van der Waals surface area contributed by atoms with Crippen molar-refractivity contribution < 1.29 is 9.90 Å². The van der Waals surface area contributed by atoms with Crippen LogP contribution in [0.2, 0.25) is 0 Å². The molecule has 1 aromatic carbocycles. The van der Waals surface area contributed by atoms with Gasteiger partial charge >= 0.3 is 0 Å². The first-order valence-electron chi connectivity index (χ1n) is 13.5. The molecule has 7 nitrogen and oxygen atoms in total. The number of hydrogen-bond acceptors (Lipinski definition) is 4. The van der Waals surface area contributed by atoms with Crippen LogP contribution in [0.1, 0.15) is 60.0 Å². The van der Waals surface area contributed by atoms with Gasteiger partial charge in [-0.15, -0.1) is 0 Å². The molecule has 0 spiro atoms. The highest BCUT2D eigenvalue weighted by atomic mass is 16.3. The minimum absolute atomic E-state index is 0.0236. The van der Waals surface area contributed by atoms with E-state index in [2.05, 4.69) is 27.0 Å². The third-order valence-corrected chi connectivity index (χ3v) is 11.1. The molecule has 4 aliphatic carbocycles. The van der Waals surface area contributed by atoms with Crippen LogP contribution in [0.3, 0.4) is 0 Å². The second-order valence-electron chi connectivity index (χ2n) is 12.5. The van der Waals surface area contributed by atoms with Crippen molar-refractivity contribution in [3.05, 3.63) is 51.4 Å². The molecule has 2 N–H and O–H groups in total. The van der Waals surface area contributed by atoms with E-state index in [0.29, 0.717) is 23.6 Å². The van der Waals surface area contributed by atoms with Crippen molar-refractivity contribution in [1.82, 2.24) is 19.6 Å². The maximum atomic E-state index is 13.7. The number of likely N-dealkylation sites (tertiary alicyclic amines) is 2. The van der Waals surface area contributed by atoms with Crippen molar-refractivity contribution >= 4 is 5.91 Å². The largest absolute Gasteiger partial charge is 0.508 e. The van der Waals surface area contributed by atoms with E-state index in [1.165, 1.54) is 36.9 Å². The van der Waals surface area contributed by atoms with E-state index >= 15 is 0 Å². The number of piperidine rings is 1. The molecule has 7 heteroatoms. The van der Waals surface area contributed by atoms with E-state index in [1.54, 1.807) is 17.9 Å². The number of nitrogens with zero attached hydrogens (tertiary/aromatic N) is 3. The predicted octanol–water partition coefficient (Wildman–Crippen LogP) is 2.64. The number of carbonyl (C=O) groups excluding carboxylic acids is 1. The summed E-state index contributed by atoms with van der Waals surface area (Å²) in [5.41, 5.74) is 3.03. The normalized spacial score (nSPS) is 38.9. The Hall–Kier alpha value is -2.54. The number of phenolic OH excluding ortho intramolecular Hbond substituents is 1. The summed E-state index contributed by atoms with van der Waals surface area (Å²) in [6, 6.07) is 6.86. The van der Waals surface area contributed by atoms with Gasteiger partial charge in [0.15, 0.2) is 0 Å². The predicted molar refractivity (Wildman–Crippen MR) is 130 cm³/mol. The third-order valence-electron chi connectivity index (χ3n) is 11.1. The minimum Gasteiger partial charge on any atom is -0.508 e. The van der Waals surface area contributed by atoms with Gasteiger partial charge in [0.2, 0.25) is 0 Å². The molecule has 3 heterocycles. The van der Waals surface area contributed by atoms with Crippen LogP contribution in [-0.2, 0) is 18.9 Å². The Bertz CT molecular complexity index is 1310. The number of aromatic amines is 1. The van der Waals surface area contributed by atoms with Crippen molar-refractivity contribution in [3.8, 4) is 5.75 Å². The molecule has 5 unspecified atom stereocenters. The van der Waals surface area contributed by atoms with Crippen LogP contribution in [0, 0.1) is 23.2 Å². The molecule has 5 fully saturated rings. The molecule has 1 amide bonds. The number of phenols is 1. The molecule has 6 atom stereocenters. The van der Waals surface area contributed by atoms with E-state index in [4.69, 9.17) is 0 Å². The van der Waals surface area contributed by atoms with Gasteiger partial charge in [0.05, 0.1) is 0 Å². The fourth-order valence-electron chi connectivity index (χ4n) is 9.99. The Morgan fingerprint density at radius 3 is 2.86 bits per heavy atom. The SMILES string of the molecule is Cn1cc(C(=O)N2C[C@H]3CC45CCC2C3C42CCN(CC3CC3)C5Cc3ccc(O)cc32)c(=O)[nH]1. The van der Waals surface area contributed by atoms with Gasteiger partial charge in [-0.2, -0.15) is 0 Å². The number of carbonyl (C=O) groups is 1. The van der Waals surface area contributed by atoms with Gasteiger partial charge < -0.3 is 10.0 Å². The first-order chi connectivity index (χ1) is 16.9. The van der Waals surface area contributed by atoms with E-state index in [9.17, 15) is 14.7 Å². The van der Waals surface area contributed by atoms with Crippen LogP contribution < -0.4 is 5.56 Å². The standard InChI is InChI=1S/C28H34N4O3/c1-30-15-20(25(34)29-30)26(35)32-14-18-12-27-7-6-22(32)24(18)28(27)8-9-31(13-16-2-3-16)23(27)10-17-4-5-19(33)11-21(17)28/h4-5,11,15-16,18,22-24,33H,2-3,6-10,12-14H2,1H3,(H,29,34)/t18-,22?,23?,24?,27?,28?/m1/s1. The number of amides is 1. The molecular weight excluding hydrogens is 440 g/mol. The lowest BCUT2D eigenvalue weighted by Gasteiger charge is -2.66. The molecular formula is C28H34N4O3. The Kier molecular flexibility index (Phi) is 3.90. The number of rotatable bonds is 3. The number of benzene rings is 1. The Morgan fingerprint density at radius 2 is 2.09 bits per heavy atom. The van der Waals surface area contributed by atoms with E-state index in [0.717, 1.165) is 44.7 Å². The number of fused-ring (bicyclic) bond motifs is 1. The topological polar surface area (TPSA) is 81.6 Å². The summed E-state index contributed by atoms with van der Waals surface area (Å²) in [5.74, 6) is 2.02. The van der Waals surface area contributed by atoms with E-state index < -0.39 is 0 Å². The highest BCUT2D eigenvalue weighted by Crippen LogP contribution is 2.75. The lowest BCUT2D eigenvalue weighted by molar-refractivity contribution is -0.102. The van der Waals surface area contributed by atoms with Gasteiger partial charge in [0.25, 0.3) is 11.5 Å². The summed E-state index contributed by atoms with van der Waals surface area (Å²) in [7, 11) is 1.76. The molecule has 8 rings (SSSR count). The van der Waals surface area contributed by atoms with Crippen molar-refractivity contribution in [1.29, 1.82) is 0 Å². The zero-order valence-electron chi connectivity index (χ0n) is 20.4. The Balaban J connectivity index is 1.25. The first kappa shape index (κ1) is 20.6. The second kappa shape index (κ2) is 6.61. The number of hydrogen-bond donors (Lipinski definition) is 2. The minimum atomic E-state index is -0.292. The van der Waals surface area contributed by atoms with E-state index in [-0.39, 0.29) is 33.9 Å². The molecule has 184 valence electrons. The van der Waals surface area contributed by atoms with Crippen LogP contribution in [0.5, 0.6) is 5.75 Å². The average molecular weight is 475 g/mol. The molecule has 2 aliphatic heterocycles. The summed E-state index contributed by atoms with van der Waals surface area (Å²) in [5, 5.41) is 13.3. The lowest BCUT2D eigenvalue weighted by Crippen LogP contribution is -2.70. The molecule has 3 saturated carbocycles. The maximum absolute atomic E-state index is 13.7. The summed E-state index contributed by atoms with van der Waals surface area (Å²) in [4.78, 5) is 31.0. The quantitative estimate of drug-likeness (QED) is 0.717. The Labute approximate surface area is 205 Å². The molecule has 1 aromatic heterocycles. The molecule has 6 aliphatic rings. The monoisotopic (exact) mass is 474 g/mol. The van der Waals surface area contributed by atoms with Gasteiger partial charge in [0.1, 0.15) is 11.3 Å². The number of aryl methyl sites for hydroxylation is 1. The summed E-state index contributed by atoms with van der Waals surface area (Å²) in [6.45, 7) is 3.13. The van der Waals surface area contributed by atoms with Crippen molar-refractivity contribution in [2.24, 2.45) is 30.2 Å². The zero-order chi connectivity index (χ0) is 23.7. The van der Waals surface area contributed by atoms with Gasteiger partial charge in [-0.1, -0.05) is 6.07 Å². The molecule has 0 radical (unpaired) electrons. The van der Waals surface area contributed by atoms with Crippen molar-refractivity contribution in [3.63, 3.8) is 0 Å². The number of nitrogens with one attached hydrogen (secondary N) is 1. The third kappa shape index (κ3) is 2.45. The maximum Gasteiger partial charge on any atom is 0.276 e. The fraction of sp³-hybridized carbons (Fsp3) is 0.643.